The molecular weight excluding hydrogens is 665 g/mol. The number of hydrogen-bond donors (Lipinski definition) is 3. The van der Waals surface area contributed by atoms with Crippen LogP contribution in [0.3, 0.4) is 0 Å². The van der Waals surface area contributed by atoms with Gasteiger partial charge in [-0.3, -0.25) is 19.2 Å². The van der Waals surface area contributed by atoms with E-state index in [0.717, 1.165) is 0 Å². The molecule has 0 saturated carbocycles. The summed E-state index contributed by atoms with van der Waals surface area (Å²) in [5.74, 6) is -1.86. The van der Waals surface area contributed by atoms with Gasteiger partial charge in [0.25, 0.3) is 11.8 Å². The summed E-state index contributed by atoms with van der Waals surface area (Å²) < 4.78 is 25.3. The summed E-state index contributed by atoms with van der Waals surface area (Å²) >= 11 is 0. The standard InChI is InChI=1S/C31H36FN5O6.C9H12/c1-17(2)43-26-8-5-18(9-27(26)42-4)30(40)36-13-19-14-37(16-24(23(19)15-36)29(39)35-12-28(38)33-3)31(41)22-11-34-25-7-6-20(32)10-21(22)25;1-2-6-9-7-4-3-5-8-9/h5-11,17,19,23-24,34H,12-16H2,1-4H3,(H,33,38)(H,35,39);3-5,7-8H,2,6H2,1H3. The van der Waals surface area contributed by atoms with Crippen molar-refractivity contribution in [3.63, 3.8) is 0 Å². The normalized spacial score (nSPS) is 17.9. The number of aromatic amines is 1. The minimum atomic E-state index is -0.663. The molecule has 3 N–H and O–H groups in total. The van der Waals surface area contributed by atoms with Crippen LogP contribution in [-0.2, 0) is 16.0 Å². The van der Waals surface area contributed by atoms with Crippen LogP contribution >= 0.6 is 0 Å². The highest BCUT2D eigenvalue weighted by atomic mass is 19.1. The number of fused-ring (bicyclic) bond motifs is 2. The molecule has 2 aliphatic rings. The first kappa shape index (κ1) is 37.9. The van der Waals surface area contributed by atoms with Crippen LogP contribution in [0, 0.1) is 23.6 Å². The fraction of sp³-hybridized carbons (Fsp3) is 0.400. The number of benzene rings is 3. The fourth-order valence-electron chi connectivity index (χ4n) is 6.98. The Kier molecular flexibility index (Phi) is 12.5. The molecule has 52 heavy (non-hydrogen) atoms. The second-order valence-corrected chi connectivity index (χ2v) is 13.5. The lowest BCUT2D eigenvalue weighted by Crippen LogP contribution is -2.53. The molecule has 4 amide bonds. The highest BCUT2D eigenvalue weighted by molar-refractivity contribution is 6.07. The average Bonchev–Trinajstić information content (AvgIpc) is 3.78. The van der Waals surface area contributed by atoms with Crippen molar-refractivity contribution in [2.45, 2.75) is 39.7 Å². The minimum absolute atomic E-state index is 0.0717. The van der Waals surface area contributed by atoms with E-state index in [0.29, 0.717) is 53.2 Å². The number of amides is 4. The van der Waals surface area contributed by atoms with E-state index in [1.54, 1.807) is 40.3 Å². The van der Waals surface area contributed by atoms with E-state index in [4.69, 9.17) is 9.47 Å². The Morgan fingerprint density at radius 3 is 2.33 bits per heavy atom. The van der Waals surface area contributed by atoms with Gasteiger partial charge in [-0.05, 0) is 74.1 Å². The summed E-state index contributed by atoms with van der Waals surface area (Å²) in [5.41, 5.74) is 2.79. The van der Waals surface area contributed by atoms with E-state index < -0.39 is 11.7 Å². The van der Waals surface area contributed by atoms with E-state index in [9.17, 15) is 23.6 Å². The number of methoxy groups -OCH3 is 1. The molecular formula is C40H48FN5O6. The van der Waals surface area contributed by atoms with Gasteiger partial charge in [0.2, 0.25) is 11.8 Å². The maximum Gasteiger partial charge on any atom is 0.256 e. The zero-order valence-electron chi connectivity index (χ0n) is 30.4. The van der Waals surface area contributed by atoms with Crippen LogP contribution in [0.4, 0.5) is 4.39 Å². The predicted molar refractivity (Wildman–Crippen MR) is 197 cm³/mol. The number of aryl methyl sites for hydroxylation is 1. The summed E-state index contributed by atoms with van der Waals surface area (Å²) in [4.78, 5) is 59.0. The van der Waals surface area contributed by atoms with Crippen molar-refractivity contribution in [2.75, 3.05) is 46.9 Å². The SMILES string of the molecule is CCCc1ccccc1.CNC(=O)CNC(=O)C1CN(C(=O)c2c[nH]c3ccc(F)cc23)CC2CN(C(=O)c3ccc(OC(C)C)c(OC)c3)CC21. The molecule has 2 aliphatic heterocycles. The van der Waals surface area contributed by atoms with Gasteiger partial charge in [0.15, 0.2) is 11.5 Å². The second kappa shape index (κ2) is 17.2. The second-order valence-electron chi connectivity index (χ2n) is 13.5. The van der Waals surface area contributed by atoms with E-state index in [1.165, 1.54) is 44.7 Å². The molecule has 0 spiro atoms. The number of likely N-dealkylation sites (N-methyl/N-ethyl adjacent to an activating group) is 1. The van der Waals surface area contributed by atoms with Gasteiger partial charge in [0.1, 0.15) is 5.82 Å². The van der Waals surface area contributed by atoms with Crippen LogP contribution in [0.15, 0.2) is 72.9 Å². The summed E-state index contributed by atoms with van der Waals surface area (Å²) in [5, 5.41) is 5.61. The Morgan fingerprint density at radius 2 is 1.65 bits per heavy atom. The largest absolute Gasteiger partial charge is 0.493 e. The lowest BCUT2D eigenvalue weighted by atomic mass is 9.79. The number of piperidine rings is 1. The van der Waals surface area contributed by atoms with Crippen LogP contribution in [0.25, 0.3) is 10.9 Å². The van der Waals surface area contributed by atoms with Crippen molar-refractivity contribution in [3.05, 3.63) is 95.4 Å². The first-order valence-electron chi connectivity index (χ1n) is 17.7. The smallest absolute Gasteiger partial charge is 0.256 e. The first-order chi connectivity index (χ1) is 25.0. The van der Waals surface area contributed by atoms with Crippen molar-refractivity contribution in [2.24, 2.45) is 17.8 Å². The molecule has 3 unspecified atom stereocenters. The number of hydrogen-bond acceptors (Lipinski definition) is 6. The van der Waals surface area contributed by atoms with Gasteiger partial charge >= 0.3 is 0 Å². The van der Waals surface area contributed by atoms with Crippen molar-refractivity contribution in [1.82, 2.24) is 25.4 Å². The zero-order valence-corrected chi connectivity index (χ0v) is 30.4. The van der Waals surface area contributed by atoms with Gasteiger partial charge in [0, 0.05) is 55.9 Å². The third-order valence-corrected chi connectivity index (χ3v) is 9.52. The van der Waals surface area contributed by atoms with Gasteiger partial charge in [-0.1, -0.05) is 43.7 Å². The van der Waals surface area contributed by atoms with Gasteiger partial charge < -0.3 is 34.9 Å². The fourth-order valence-corrected chi connectivity index (χ4v) is 6.98. The quantitative estimate of drug-likeness (QED) is 0.211. The number of nitrogens with one attached hydrogen (secondary N) is 3. The Morgan fingerprint density at radius 1 is 0.923 bits per heavy atom. The molecule has 0 bridgehead atoms. The summed E-state index contributed by atoms with van der Waals surface area (Å²) in [6, 6.07) is 19.8. The third kappa shape index (κ3) is 8.90. The molecule has 276 valence electrons. The summed E-state index contributed by atoms with van der Waals surface area (Å²) in [7, 11) is 2.99. The maximum absolute atomic E-state index is 14.0. The Labute approximate surface area is 303 Å². The molecule has 11 nitrogen and oxygen atoms in total. The molecule has 3 heterocycles. The monoisotopic (exact) mass is 713 g/mol. The maximum atomic E-state index is 14.0. The minimum Gasteiger partial charge on any atom is -0.493 e. The van der Waals surface area contributed by atoms with Gasteiger partial charge in [-0.15, -0.1) is 0 Å². The molecule has 2 saturated heterocycles. The van der Waals surface area contributed by atoms with Crippen LogP contribution < -0.4 is 20.1 Å². The zero-order chi connectivity index (χ0) is 37.4. The molecule has 6 rings (SSSR count). The first-order valence-corrected chi connectivity index (χ1v) is 17.7. The van der Waals surface area contributed by atoms with Crippen molar-refractivity contribution in [3.8, 4) is 11.5 Å². The lowest BCUT2D eigenvalue weighted by molar-refractivity contribution is -0.131. The Bertz CT molecular complexity index is 1880. The number of halogens is 1. The number of carbonyl (C=O) groups excluding carboxylic acids is 4. The summed E-state index contributed by atoms with van der Waals surface area (Å²) in [6.45, 7) is 6.86. The molecule has 0 aliphatic carbocycles. The highest BCUT2D eigenvalue weighted by Crippen LogP contribution is 2.38. The molecule has 12 heteroatoms. The summed E-state index contributed by atoms with van der Waals surface area (Å²) in [6.07, 6.45) is 3.92. The van der Waals surface area contributed by atoms with Crippen LogP contribution in [0.5, 0.6) is 11.5 Å². The van der Waals surface area contributed by atoms with E-state index in [1.807, 2.05) is 13.8 Å². The Balaban J connectivity index is 0.000000507. The van der Waals surface area contributed by atoms with Crippen LogP contribution in [0.2, 0.25) is 0 Å². The van der Waals surface area contributed by atoms with Crippen molar-refractivity contribution >= 4 is 34.5 Å². The number of nitrogens with zero attached hydrogens (tertiary/aromatic N) is 2. The Hall–Kier alpha value is -5.39. The van der Waals surface area contributed by atoms with Crippen molar-refractivity contribution in [1.29, 1.82) is 0 Å². The van der Waals surface area contributed by atoms with Crippen molar-refractivity contribution < 1.29 is 33.0 Å². The van der Waals surface area contributed by atoms with Gasteiger partial charge in [0.05, 0.1) is 31.2 Å². The lowest BCUT2D eigenvalue weighted by Gasteiger charge is -2.39. The molecule has 3 aromatic carbocycles. The molecule has 4 aromatic rings. The van der Waals surface area contributed by atoms with E-state index in [2.05, 4.69) is 52.9 Å². The van der Waals surface area contributed by atoms with Gasteiger partial charge in [-0.25, -0.2) is 4.39 Å². The molecule has 2 fully saturated rings. The number of H-pyrrole nitrogens is 1. The number of likely N-dealkylation sites (tertiary alicyclic amines) is 2. The number of aromatic nitrogens is 1. The average molecular weight is 714 g/mol. The molecule has 1 aromatic heterocycles. The third-order valence-electron chi connectivity index (χ3n) is 9.52. The highest BCUT2D eigenvalue weighted by Gasteiger charge is 2.48. The molecule has 0 radical (unpaired) electrons. The molecule has 3 atom stereocenters. The topological polar surface area (TPSA) is 133 Å². The van der Waals surface area contributed by atoms with Crippen LogP contribution in [-0.4, -0.2) is 91.4 Å². The van der Waals surface area contributed by atoms with E-state index >= 15 is 0 Å². The number of ether oxygens (including phenoxy) is 2. The van der Waals surface area contributed by atoms with Gasteiger partial charge in [-0.2, -0.15) is 0 Å². The predicted octanol–water partition coefficient (Wildman–Crippen LogP) is 5.06. The number of rotatable bonds is 10. The van der Waals surface area contributed by atoms with E-state index in [-0.39, 0.29) is 54.7 Å². The number of carbonyl (C=O) groups is 4. The van der Waals surface area contributed by atoms with Crippen LogP contribution in [0.1, 0.15) is 53.5 Å².